The molecule has 0 aliphatic carbocycles. The smallest absolute Gasteiger partial charge is 0.342 e. The summed E-state index contributed by atoms with van der Waals surface area (Å²) in [7, 11) is -4.66. The molecular weight excluding hydrogens is 356 g/mol. The number of H-pyrrole nitrogens is 1. The molecule has 1 aromatic heterocycles. The van der Waals surface area contributed by atoms with Crippen LogP contribution in [0.15, 0.2) is 27.9 Å². The van der Waals surface area contributed by atoms with Gasteiger partial charge in [-0.2, -0.15) is 8.42 Å². The molecule has 2 rings (SSSR count). The summed E-state index contributed by atoms with van der Waals surface area (Å²) in [6.45, 7) is 1.37. The number of hydrogen-bond acceptors (Lipinski definition) is 6. The maximum atomic E-state index is 11.9. The Balaban J connectivity index is 3.04. The Bertz CT molecular complexity index is 1070. The van der Waals surface area contributed by atoms with E-state index in [0.717, 1.165) is 6.07 Å². The lowest BCUT2D eigenvalue weighted by atomic mass is 9.95. The van der Waals surface area contributed by atoms with Gasteiger partial charge in [0.2, 0.25) is 0 Å². The van der Waals surface area contributed by atoms with Gasteiger partial charge in [-0.25, -0.2) is 9.59 Å². The molecule has 6 N–H and O–H groups in total. The van der Waals surface area contributed by atoms with Crippen LogP contribution in [0.5, 0.6) is 0 Å². The second-order valence-corrected chi connectivity index (χ2v) is 6.45. The molecule has 0 bridgehead atoms. The van der Waals surface area contributed by atoms with E-state index in [9.17, 15) is 37.6 Å². The highest BCUT2D eigenvalue weighted by Crippen LogP contribution is 2.31. The molecule has 11 heteroatoms. The van der Waals surface area contributed by atoms with Crippen LogP contribution in [0, 0.1) is 6.92 Å². The lowest BCUT2D eigenvalue weighted by Crippen LogP contribution is -2.24. The second-order valence-electron chi connectivity index (χ2n) is 5.06. The fourth-order valence-corrected chi connectivity index (χ4v) is 3.12. The van der Waals surface area contributed by atoms with Gasteiger partial charge in [0.05, 0.1) is 4.90 Å². The van der Waals surface area contributed by atoms with Crippen molar-refractivity contribution in [3.63, 3.8) is 0 Å². The van der Waals surface area contributed by atoms with Crippen molar-refractivity contribution in [3.05, 3.63) is 45.2 Å². The Kier molecular flexibility index (Phi) is 4.38. The number of aromatic carboxylic acids is 2. The van der Waals surface area contributed by atoms with Crippen molar-refractivity contribution in [1.82, 2.24) is 4.98 Å². The second kappa shape index (κ2) is 6.03. The Morgan fingerprint density at radius 2 is 1.68 bits per heavy atom. The molecule has 0 unspecified atom stereocenters. The van der Waals surface area contributed by atoms with Gasteiger partial charge in [-0.1, -0.05) is 12.1 Å². The number of hydrogen-bond donors (Lipinski definition) is 5. The zero-order valence-corrected chi connectivity index (χ0v) is 13.4. The maximum Gasteiger partial charge on any atom is 0.342 e. The molecule has 1 aromatic carbocycles. The third-order valence-corrected chi connectivity index (χ3v) is 4.42. The zero-order valence-electron chi connectivity index (χ0n) is 12.6. The molecule has 10 nitrogen and oxygen atoms in total. The molecule has 0 amide bonds. The highest BCUT2D eigenvalue weighted by molar-refractivity contribution is 7.85. The number of aryl methyl sites for hydroxylation is 1. The van der Waals surface area contributed by atoms with Crippen LogP contribution in [0.1, 0.15) is 26.3 Å². The lowest BCUT2D eigenvalue weighted by molar-refractivity contribution is 0.0695. The van der Waals surface area contributed by atoms with Crippen LogP contribution in [0.2, 0.25) is 0 Å². The van der Waals surface area contributed by atoms with Crippen molar-refractivity contribution in [3.8, 4) is 11.1 Å². The van der Waals surface area contributed by atoms with E-state index in [4.69, 9.17) is 5.73 Å². The fraction of sp³-hybridized carbons (Fsp3) is 0.0714. The number of carbonyl (C=O) groups is 2. The predicted molar refractivity (Wildman–Crippen MR) is 85.4 cm³/mol. The molecule has 1 heterocycles. The molecule has 2 aromatic rings. The first kappa shape index (κ1) is 18.2. The van der Waals surface area contributed by atoms with Crippen molar-refractivity contribution in [2.45, 2.75) is 11.8 Å². The molecule has 0 aliphatic rings. The Labute approximate surface area is 140 Å². The van der Waals surface area contributed by atoms with Crippen LogP contribution in [0.3, 0.4) is 0 Å². The predicted octanol–water partition coefficient (Wildman–Crippen LogP) is 0.576. The van der Waals surface area contributed by atoms with Crippen LogP contribution >= 0.6 is 0 Å². The van der Waals surface area contributed by atoms with Gasteiger partial charge in [0.1, 0.15) is 16.9 Å². The molecule has 0 atom stereocenters. The van der Waals surface area contributed by atoms with Crippen molar-refractivity contribution < 1.29 is 32.8 Å². The quantitative estimate of drug-likeness (QED) is 0.481. The standard InChI is InChI=1S/C14H12N2O8S/c1-5-2-3-6(4-7(5)25(22,23)24)8-9(13(18)19)11(15)16-12(17)10(8)14(20)21/h2-4H,1H3,(H,18,19)(H,20,21)(H3,15,16,17)(H,22,23,24). The number of aromatic amines is 1. The SMILES string of the molecule is Cc1ccc(-c2c(C(=O)O)c(N)[nH]c(=O)c2C(=O)O)cc1S(=O)(=O)O. The molecule has 25 heavy (non-hydrogen) atoms. The molecule has 0 saturated carbocycles. The van der Waals surface area contributed by atoms with Crippen molar-refractivity contribution in [2.24, 2.45) is 0 Å². The van der Waals surface area contributed by atoms with Gasteiger partial charge < -0.3 is 20.9 Å². The molecular formula is C14H12N2O8S. The van der Waals surface area contributed by atoms with Crippen LogP contribution in [0.4, 0.5) is 5.82 Å². The first-order valence-electron chi connectivity index (χ1n) is 6.56. The summed E-state index contributed by atoms with van der Waals surface area (Å²) >= 11 is 0. The summed E-state index contributed by atoms with van der Waals surface area (Å²) < 4.78 is 32.1. The fourth-order valence-electron chi connectivity index (χ4n) is 2.37. The van der Waals surface area contributed by atoms with E-state index in [-0.39, 0.29) is 11.1 Å². The van der Waals surface area contributed by atoms with Gasteiger partial charge >= 0.3 is 11.9 Å². The molecule has 0 spiro atoms. The minimum absolute atomic E-state index is 0.137. The number of nitrogens with one attached hydrogen (secondary N) is 1. The molecule has 0 radical (unpaired) electrons. The number of nitrogens with two attached hydrogens (primary N) is 1. The number of nitrogen functional groups attached to an aromatic ring is 1. The normalized spacial score (nSPS) is 11.3. The topological polar surface area (TPSA) is 188 Å². The van der Waals surface area contributed by atoms with Crippen LogP contribution in [-0.2, 0) is 10.1 Å². The Morgan fingerprint density at radius 3 is 2.16 bits per heavy atom. The van der Waals surface area contributed by atoms with E-state index in [1.54, 1.807) is 0 Å². The maximum absolute atomic E-state index is 11.9. The van der Waals surface area contributed by atoms with E-state index < -0.39 is 55.0 Å². The number of pyridine rings is 1. The van der Waals surface area contributed by atoms with Gasteiger partial charge in [-0.3, -0.25) is 9.35 Å². The zero-order chi connectivity index (χ0) is 19.1. The van der Waals surface area contributed by atoms with Gasteiger partial charge in [0.25, 0.3) is 15.7 Å². The number of rotatable bonds is 4. The Hall–Kier alpha value is -3.18. The van der Waals surface area contributed by atoms with Crippen molar-refractivity contribution >= 4 is 27.9 Å². The minimum atomic E-state index is -4.66. The van der Waals surface area contributed by atoms with Gasteiger partial charge in [-0.15, -0.1) is 0 Å². The number of carboxylic acid groups (broad SMARTS) is 2. The summed E-state index contributed by atoms with van der Waals surface area (Å²) in [5, 5.41) is 18.6. The summed E-state index contributed by atoms with van der Waals surface area (Å²) in [4.78, 5) is 36.2. The van der Waals surface area contributed by atoms with Crippen LogP contribution in [0.25, 0.3) is 11.1 Å². The van der Waals surface area contributed by atoms with E-state index >= 15 is 0 Å². The number of benzene rings is 1. The van der Waals surface area contributed by atoms with Crippen LogP contribution < -0.4 is 11.3 Å². The monoisotopic (exact) mass is 368 g/mol. The van der Waals surface area contributed by atoms with E-state index in [1.807, 2.05) is 4.98 Å². The van der Waals surface area contributed by atoms with Crippen LogP contribution in [-0.4, -0.2) is 40.1 Å². The Morgan fingerprint density at radius 1 is 1.12 bits per heavy atom. The molecule has 132 valence electrons. The average molecular weight is 368 g/mol. The highest BCUT2D eigenvalue weighted by Gasteiger charge is 2.27. The van der Waals surface area contributed by atoms with Gasteiger partial charge in [-0.05, 0) is 24.1 Å². The van der Waals surface area contributed by atoms with E-state index in [0.29, 0.717) is 0 Å². The summed E-state index contributed by atoms with van der Waals surface area (Å²) in [6.07, 6.45) is 0. The largest absolute Gasteiger partial charge is 0.478 e. The van der Waals surface area contributed by atoms with Gasteiger partial charge in [0, 0.05) is 5.56 Å². The van der Waals surface area contributed by atoms with Crippen molar-refractivity contribution in [1.29, 1.82) is 0 Å². The number of carboxylic acids is 2. The third kappa shape index (κ3) is 3.22. The van der Waals surface area contributed by atoms with E-state index in [1.165, 1.54) is 19.1 Å². The van der Waals surface area contributed by atoms with E-state index in [2.05, 4.69) is 0 Å². The lowest BCUT2D eigenvalue weighted by Gasteiger charge is -2.13. The number of aromatic nitrogens is 1. The number of anilines is 1. The average Bonchev–Trinajstić information content (AvgIpc) is 2.44. The first-order chi connectivity index (χ1) is 11.4. The van der Waals surface area contributed by atoms with Gasteiger partial charge in [0.15, 0.2) is 0 Å². The highest BCUT2D eigenvalue weighted by atomic mass is 32.2. The van der Waals surface area contributed by atoms with Crippen molar-refractivity contribution in [2.75, 3.05) is 5.73 Å². The third-order valence-electron chi connectivity index (χ3n) is 3.43. The summed E-state index contributed by atoms with van der Waals surface area (Å²) in [5.74, 6) is -3.94. The molecule has 0 aliphatic heterocycles. The molecule has 0 saturated heterocycles. The summed E-state index contributed by atoms with van der Waals surface area (Å²) in [6, 6.07) is 3.32. The first-order valence-corrected chi connectivity index (χ1v) is 8.00. The molecule has 0 fully saturated rings. The minimum Gasteiger partial charge on any atom is -0.478 e. The summed E-state index contributed by atoms with van der Waals surface area (Å²) in [5.41, 5.74) is 2.06.